The molecule has 1 atom stereocenters. The highest BCUT2D eigenvalue weighted by Gasteiger charge is 2.29. The molecule has 0 spiro atoms. The van der Waals surface area contributed by atoms with Crippen LogP contribution in [-0.2, 0) is 6.54 Å². The number of rotatable bonds is 4. The number of hydrogen-bond donors (Lipinski definition) is 1. The van der Waals surface area contributed by atoms with E-state index in [2.05, 4.69) is 20.3 Å². The molecule has 1 saturated heterocycles. The van der Waals surface area contributed by atoms with Gasteiger partial charge in [0.2, 0.25) is 0 Å². The number of aromatic nitrogens is 3. The van der Waals surface area contributed by atoms with Gasteiger partial charge in [-0.15, -0.1) is 0 Å². The number of aryl methyl sites for hydroxylation is 1. The molecule has 0 unspecified atom stereocenters. The average molecular weight is 354 g/mol. The van der Waals surface area contributed by atoms with Gasteiger partial charge in [0.25, 0.3) is 0 Å². The second-order valence-electron chi connectivity index (χ2n) is 6.99. The number of H-pyrrole nitrogens is 1. The lowest BCUT2D eigenvalue weighted by Gasteiger charge is -2.35. The van der Waals surface area contributed by atoms with Crippen molar-refractivity contribution in [3.8, 4) is 11.3 Å². The highest BCUT2D eigenvalue weighted by Crippen LogP contribution is 2.37. The largest absolute Gasteiger partial charge is 0.356 e. The number of nitrogens with zero attached hydrogens (tertiary/aromatic N) is 3. The third kappa shape index (κ3) is 3.05. The topological polar surface area (TPSA) is 58.0 Å². The van der Waals surface area contributed by atoms with E-state index in [1.165, 1.54) is 6.07 Å². The van der Waals surface area contributed by atoms with Crippen molar-refractivity contribution in [2.24, 2.45) is 0 Å². The van der Waals surface area contributed by atoms with E-state index in [9.17, 15) is 4.39 Å². The Bertz CT molecular complexity index is 901. The predicted octanol–water partition coefficient (Wildman–Crippen LogP) is 4.55. The fourth-order valence-corrected chi connectivity index (χ4v) is 3.75. The molecule has 0 amide bonds. The summed E-state index contributed by atoms with van der Waals surface area (Å²) in [5.41, 5.74) is 4.63. The monoisotopic (exact) mass is 354 g/mol. The molecule has 1 aliphatic rings. The minimum absolute atomic E-state index is 0.150. The maximum absolute atomic E-state index is 14.1. The number of nitrogens with one attached hydrogen (secondary N) is 1. The summed E-state index contributed by atoms with van der Waals surface area (Å²) >= 11 is 0. The van der Waals surface area contributed by atoms with Gasteiger partial charge in [-0.1, -0.05) is 29.8 Å². The summed E-state index contributed by atoms with van der Waals surface area (Å²) in [5.74, 6) is 0.617. The van der Waals surface area contributed by atoms with E-state index < -0.39 is 0 Å². The maximum atomic E-state index is 14.1. The fourth-order valence-electron chi connectivity index (χ4n) is 3.75. The Morgan fingerprint density at radius 1 is 1.27 bits per heavy atom. The summed E-state index contributed by atoms with van der Waals surface area (Å²) in [4.78, 5) is 2.33. The van der Waals surface area contributed by atoms with Crippen molar-refractivity contribution in [3.05, 3.63) is 58.8 Å². The molecule has 5 nitrogen and oxygen atoms in total. The number of halogens is 1. The molecule has 4 rings (SSSR count). The zero-order valence-corrected chi connectivity index (χ0v) is 15.1. The van der Waals surface area contributed by atoms with Gasteiger partial charge < -0.3 is 4.52 Å². The van der Waals surface area contributed by atoms with E-state index in [0.717, 1.165) is 59.6 Å². The standard InChI is InChI=1S/C20H23FN4O/c1-13-14(2)24-26-20(13)16-11-22-23-19(16)18-9-5-6-10-25(18)12-15-7-3-4-8-17(15)21/h3-4,7-8,11,18H,5-6,9-10,12H2,1-2H3,(H,22,23)/t18-/m0/s1. The van der Waals surface area contributed by atoms with Crippen molar-refractivity contribution in [1.82, 2.24) is 20.3 Å². The van der Waals surface area contributed by atoms with Crippen LogP contribution in [0.15, 0.2) is 35.0 Å². The molecule has 136 valence electrons. The van der Waals surface area contributed by atoms with Crippen molar-refractivity contribution >= 4 is 0 Å². The number of benzene rings is 1. The molecule has 6 heteroatoms. The second-order valence-corrected chi connectivity index (χ2v) is 6.99. The van der Waals surface area contributed by atoms with Gasteiger partial charge in [-0.3, -0.25) is 10.00 Å². The van der Waals surface area contributed by atoms with Crippen molar-refractivity contribution in [2.45, 2.75) is 45.7 Å². The van der Waals surface area contributed by atoms with Gasteiger partial charge in [-0.05, 0) is 39.3 Å². The van der Waals surface area contributed by atoms with Gasteiger partial charge in [0.1, 0.15) is 5.82 Å². The third-order valence-electron chi connectivity index (χ3n) is 5.35. The van der Waals surface area contributed by atoms with Crippen LogP contribution in [0.1, 0.15) is 47.8 Å². The lowest BCUT2D eigenvalue weighted by Crippen LogP contribution is -2.33. The smallest absolute Gasteiger partial charge is 0.173 e. The summed E-state index contributed by atoms with van der Waals surface area (Å²) in [6, 6.07) is 7.16. The SMILES string of the molecule is Cc1noc(-c2cn[nH]c2[C@@H]2CCCCN2Cc2ccccc2F)c1C. The summed E-state index contributed by atoms with van der Waals surface area (Å²) in [5, 5.41) is 11.5. The van der Waals surface area contributed by atoms with Crippen LogP contribution in [0.25, 0.3) is 11.3 Å². The Morgan fingerprint density at radius 2 is 2.12 bits per heavy atom. The lowest BCUT2D eigenvalue weighted by atomic mass is 9.95. The molecule has 1 fully saturated rings. The lowest BCUT2D eigenvalue weighted by molar-refractivity contribution is 0.136. The molecular weight excluding hydrogens is 331 g/mol. The minimum atomic E-state index is -0.150. The van der Waals surface area contributed by atoms with Crippen LogP contribution < -0.4 is 0 Å². The van der Waals surface area contributed by atoms with Crippen LogP contribution in [0.4, 0.5) is 4.39 Å². The van der Waals surface area contributed by atoms with Crippen LogP contribution in [0.3, 0.4) is 0 Å². The molecule has 1 N–H and O–H groups in total. The first-order valence-electron chi connectivity index (χ1n) is 9.09. The quantitative estimate of drug-likeness (QED) is 0.747. The maximum Gasteiger partial charge on any atom is 0.173 e. The summed E-state index contributed by atoms with van der Waals surface area (Å²) < 4.78 is 19.7. The fraction of sp³-hybridized carbons (Fsp3) is 0.400. The van der Waals surface area contributed by atoms with E-state index in [1.807, 2.05) is 26.0 Å². The zero-order valence-electron chi connectivity index (χ0n) is 15.1. The van der Waals surface area contributed by atoms with Crippen LogP contribution in [0.2, 0.25) is 0 Å². The Hall–Kier alpha value is -2.47. The summed E-state index contributed by atoms with van der Waals surface area (Å²) in [7, 11) is 0. The highest BCUT2D eigenvalue weighted by atomic mass is 19.1. The van der Waals surface area contributed by atoms with Gasteiger partial charge in [0, 0.05) is 17.7 Å². The molecular formula is C20H23FN4O. The van der Waals surface area contributed by atoms with Crippen molar-refractivity contribution in [3.63, 3.8) is 0 Å². The molecule has 0 radical (unpaired) electrons. The molecule has 3 heterocycles. The minimum Gasteiger partial charge on any atom is -0.356 e. The molecule has 0 bridgehead atoms. The van der Waals surface area contributed by atoms with Gasteiger partial charge >= 0.3 is 0 Å². The van der Waals surface area contributed by atoms with Crippen molar-refractivity contribution < 1.29 is 8.91 Å². The zero-order chi connectivity index (χ0) is 18.1. The van der Waals surface area contributed by atoms with Crippen molar-refractivity contribution in [2.75, 3.05) is 6.54 Å². The van der Waals surface area contributed by atoms with Gasteiger partial charge in [0.05, 0.1) is 29.2 Å². The first kappa shape index (κ1) is 17.0. The molecule has 0 aliphatic carbocycles. The van der Waals surface area contributed by atoms with Crippen LogP contribution in [-0.4, -0.2) is 26.8 Å². The Balaban J connectivity index is 1.67. The van der Waals surface area contributed by atoms with Crippen molar-refractivity contribution in [1.29, 1.82) is 0 Å². The average Bonchev–Trinajstić information content (AvgIpc) is 3.25. The molecule has 26 heavy (non-hydrogen) atoms. The normalized spacial score (nSPS) is 18.3. The number of aromatic amines is 1. The molecule has 2 aromatic heterocycles. The number of hydrogen-bond acceptors (Lipinski definition) is 4. The third-order valence-corrected chi connectivity index (χ3v) is 5.35. The Labute approximate surface area is 152 Å². The molecule has 1 aromatic carbocycles. The highest BCUT2D eigenvalue weighted by molar-refractivity contribution is 5.64. The van der Waals surface area contributed by atoms with Gasteiger partial charge in [-0.25, -0.2) is 4.39 Å². The first-order valence-corrected chi connectivity index (χ1v) is 9.09. The Kier molecular flexibility index (Phi) is 4.59. The van der Waals surface area contributed by atoms with E-state index in [0.29, 0.717) is 6.54 Å². The van der Waals surface area contributed by atoms with Crippen LogP contribution >= 0.6 is 0 Å². The van der Waals surface area contributed by atoms with E-state index in [1.54, 1.807) is 12.3 Å². The predicted molar refractivity (Wildman–Crippen MR) is 97.0 cm³/mol. The molecule has 0 saturated carbocycles. The molecule has 1 aliphatic heterocycles. The van der Waals surface area contributed by atoms with Crippen LogP contribution in [0.5, 0.6) is 0 Å². The van der Waals surface area contributed by atoms with Crippen LogP contribution in [0, 0.1) is 19.7 Å². The van der Waals surface area contributed by atoms with E-state index >= 15 is 0 Å². The summed E-state index contributed by atoms with van der Waals surface area (Å²) in [6.45, 7) is 5.47. The Morgan fingerprint density at radius 3 is 2.88 bits per heavy atom. The van der Waals surface area contributed by atoms with Gasteiger partial charge in [0.15, 0.2) is 5.76 Å². The first-order chi connectivity index (χ1) is 12.6. The number of likely N-dealkylation sites (tertiary alicyclic amines) is 1. The summed E-state index contributed by atoms with van der Waals surface area (Å²) in [6.07, 6.45) is 5.08. The van der Waals surface area contributed by atoms with E-state index in [4.69, 9.17) is 4.52 Å². The van der Waals surface area contributed by atoms with Gasteiger partial charge in [-0.2, -0.15) is 5.10 Å². The molecule has 3 aromatic rings. The number of piperidine rings is 1. The van der Waals surface area contributed by atoms with E-state index in [-0.39, 0.29) is 11.9 Å². The second kappa shape index (κ2) is 7.03.